The van der Waals surface area contributed by atoms with E-state index in [4.69, 9.17) is 4.74 Å². The van der Waals surface area contributed by atoms with E-state index < -0.39 is 10.2 Å². The number of hydrogen-bond donors (Lipinski definition) is 1. The van der Waals surface area contributed by atoms with E-state index in [0.717, 1.165) is 17.7 Å². The first-order chi connectivity index (χ1) is 12.3. The quantitative estimate of drug-likeness (QED) is 0.778. The van der Waals surface area contributed by atoms with Crippen molar-refractivity contribution >= 4 is 16.1 Å². The first kappa shape index (κ1) is 20.7. The molecule has 1 aliphatic rings. The monoisotopic (exact) mass is 383 g/mol. The van der Waals surface area contributed by atoms with E-state index in [0.29, 0.717) is 25.9 Å². The zero-order chi connectivity index (χ0) is 19.3. The first-order valence-electron chi connectivity index (χ1n) is 8.91. The number of carbonyl (C=O) groups excluding carboxylic acids is 1. The van der Waals surface area contributed by atoms with E-state index in [1.165, 1.54) is 22.7 Å². The summed E-state index contributed by atoms with van der Waals surface area (Å²) in [5, 5.41) is 3.11. The number of methoxy groups -OCH3 is 1. The SMILES string of the molecule is CC[C@@H](NC(=O)C1CCN(S(=O)(=O)N(C)C)CC1)c1ccc(OC)cc1. The Morgan fingerprint density at radius 1 is 1.27 bits per heavy atom. The van der Waals surface area contributed by atoms with Crippen LogP contribution in [0.4, 0.5) is 0 Å². The maximum Gasteiger partial charge on any atom is 0.281 e. The largest absolute Gasteiger partial charge is 0.497 e. The number of amides is 1. The summed E-state index contributed by atoms with van der Waals surface area (Å²) in [6, 6.07) is 7.62. The Morgan fingerprint density at radius 2 is 1.85 bits per heavy atom. The van der Waals surface area contributed by atoms with Gasteiger partial charge in [0.05, 0.1) is 13.2 Å². The number of benzene rings is 1. The highest BCUT2D eigenvalue weighted by Crippen LogP contribution is 2.24. The van der Waals surface area contributed by atoms with E-state index >= 15 is 0 Å². The highest BCUT2D eigenvalue weighted by molar-refractivity contribution is 7.86. The van der Waals surface area contributed by atoms with E-state index in [9.17, 15) is 13.2 Å². The molecule has 1 aromatic carbocycles. The molecule has 1 amide bonds. The summed E-state index contributed by atoms with van der Waals surface area (Å²) in [6.45, 7) is 2.78. The van der Waals surface area contributed by atoms with Crippen molar-refractivity contribution in [3.05, 3.63) is 29.8 Å². The molecule has 8 heteroatoms. The fourth-order valence-electron chi connectivity index (χ4n) is 3.13. The van der Waals surface area contributed by atoms with Gasteiger partial charge in [0, 0.05) is 33.1 Å². The summed E-state index contributed by atoms with van der Waals surface area (Å²) in [5.41, 5.74) is 1.04. The summed E-state index contributed by atoms with van der Waals surface area (Å²) in [4.78, 5) is 12.6. The van der Waals surface area contributed by atoms with Gasteiger partial charge in [-0.05, 0) is 37.0 Å². The summed E-state index contributed by atoms with van der Waals surface area (Å²) < 4.78 is 32.2. The van der Waals surface area contributed by atoms with Crippen molar-refractivity contribution in [1.29, 1.82) is 0 Å². The van der Waals surface area contributed by atoms with Crippen LogP contribution in [0.15, 0.2) is 24.3 Å². The maximum atomic E-state index is 12.6. The van der Waals surface area contributed by atoms with Crippen LogP contribution in [0.25, 0.3) is 0 Å². The highest BCUT2D eigenvalue weighted by atomic mass is 32.2. The third-order valence-electron chi connectivity index (χ3n) is 4.86. The van der Waals surface area contributed by atoms with Crippen LogP contribution in [0.2, 0.25) is 0 Å². The number of nitrogens with one attached hydrogen (secondary N) is 1. The number of hydrogen-bond acceptors (Lipinski definition) is 4. The molecule has 1 aliphatic heterocycles. The van der Waals surface area contributed by atoms with Gasteiger partial charge in [-0.1, -0.05) is 19.1 Å². The van der Waals surface area contributed by atoms with Crippen LogP contribution in [0.1, 0.15) is 37.8 Å². The fourth-order valence-corrected chi connectivity index (χ4v) is 4.26. The molecule has 7 nitrogen and oxygen atoms in total. The van der Waals surface area contributed by atoms with E-state index in [-0.39, 0.29) is 17.9 Å². The molecule has 26 heavy (non-hydrogen) atoms. The molecule has 1 fully saturated rings. The van der Waals surface area contributed by atoms with Gasteiger partial charge in [-0.3, -0.25) is 4.79 Å². The lowest BCUT2D eigenvalue weighted by molar-refractivity contribution is -0.126. The minimum atomic E-state index is -3.40. The third kappa shape index (κ3) is 4.75. The summed E-state index contributed by atoms with van der Waals surface area (Å²) in [5.74, 6) is 0.620. The van der Waals surface area contributed by atoms with Crippen molar-refractivity contribution in [2.45, 2.75) is 32.2 Å². The van der Waals surface area contributed by atoms with E-state index in [1.54, 1.807) is 7.11 Å². The Kier molecular flexibility index (Phi) is 7.02. The molecule has 146 valence electrons. The zero-order valence-electron chi connectivity index (χ0n) is 15.9. The van der Waals surface area contributed by atoms with Crippen molar-refractivity contribution in [2.75, 3.05) is 34.3 Å². The molecule has 1 saturated heterocycles. The van der Waals surface area contributed by atoms with Gasteiger partial charge in [-0.25, -0.2) is 0 Å². The zero-order valence-corrected chi connectivity index (χ0v) is 16.8. The van der Waals surface area contributed by atoms with Crippen LogP contribution in [0, 0.1) is 5.92 Å². The molecular formula is C18H29N3O4S. The average Bonchev–Trinajstić information content (AvgIpc) is 2.66. The summed E-state index contributed by atoms with van der Waals surface area (Å²) in [7, 11) is 1.26. The van der Waals surface area contributed by atoms with Crippen molar-refractivity contribution in [1.82, 2.24) is 13.9 Å². The van der Waals surface area contributed by atoms with Gasteiger partial charge in [0.2, 0.25) is 5.91 Å². The fraction of sp³-hybridized carbons (Fsp3) is 0.611. The average molecular weight is 384 g/mol. The molecule has 0 aliphatic carbocycles. The topological polar surface area (TPSA) is 79.0 Å². The predicted molar refractivity (Wildman–Crippen MR) is 101 cm³/mol. The Labute approximate surface area is 156 Å². The first-order valence-corrected chi connectivity index (χ1v) is 10.3. The van der Waals surface area contributed by atoms with Crippen LogP contribution >= 0.6 is 0 Å². The number of piperidine rings is 1. The second-order valence-corrected chi connectivity index (χ2v) is 8.85. The van der Waals surface area contributed by atoms with Gasteiger partial charge in [0.15, 0.2) is 0 Å². The summed E-state index contributed by atoms with van der Waals surface area (Å²) in [6.07, 6.45) is 1.86. The highest BCUT2D eigenvalue weighted by Gasteiger charge is 2.32. The van der Waals surface area contributed by atoms with E-state index in [2.05, 4.69) is 5.32 Å². The molecule has 0 unspecified atom stereocenters. The molecule has 1 aromatic rings. The van der Waals surface area contributed by atoms with E-state index in [1.807, 2.05) is 31.2 Å². The Morgan fingerprint density at radius 3 is 2.31 bits per heavy atom. The minimum Gasteiger partial charge on any atom is -0.497 e. The Balaban J connectivity index is 1.95. The molecule has 0 saturated carbocycles. The maximum absolute atomic E-state index is 12.6. The van der Waals surface area contributed by atoms with Crippen molar-refractivity contribution < 1.29 is 17.9 Å². The number of nitrogens with zero attached hydrogens (tertiary/aromatic N) is 2. The number of carbonyl (C=O) groups is 1. The van der Waals surface area contributed by atoms with Crippen LogP contribution in [0.5, 0.6) is 5.75 Å². The molecule has 1 atom stereocenters. The molecule has 0 spiro atoms. The molecule has 0 aromatic heterocycles. The lowest BCUT2D eigenvalue weighted by atomic mass is 9.95. The van der Waals surface area contributed by atoms with Crippen LogP contribution in [0.3, 0.4) is 0 Å². The van der Waals surface area contributed by atoms with Gasteiger partial charge in [-0.2, -0.15) is 17.0 Å². The van der Waals surface area contributed by atoms with Gasteiger partial charge in [0.25, 0.3) is 10.2 Å². The Bertz CT molecular complexity index is 696. The Hall–Kier alpha value is -1.64. The van der Waals surface area contributed by atoms with Crippen molar-refractivity contribution in [3.63, 3.8) is 0 Å². The number of rotatable bonds is 7. The standard InChI is InChI=1S/C18H29N3O4S/c1-5-17(14-6-8-16(25-4)9-7-14)19-18(22)15-10-12-21(13-11-15)26(23,24)20(2)3/h6-9,15,17H,5,10-13H2,1-4H3,(H,19,22)/t17-/m1/s1. The minimum absolute atomic E-state index is 0.00503. The van der Waals surface area contributed by atoms with Crippen molar-refractivity contribution in [2.24, 2.45) is 5.92 Å². The number of ether oxygens (including phenoxy) is 1. The molecule has 1 heterocycles. The summed E-state index contributed by atoms with van der Waals surface area (Å²) >= 11 is 0. The lowest BCUT2D eigenvalue weighted by Crippen LogP contribution is -2.47. The van der Waals surface area contributed by atoms with Crippen LogP contribution < -0.4 is 10.1 Å². The van der Waals surface area contributed by atoms with Crippen molar-refractivity contribution in [3.8, 4) is 5.75 Å². The predicted octanol–water partition coefficient (Wildman–Crippen LogP) is 1.78. The molecule has 2 rings (SSSR count). The smallest absolute Gasteiger partial charge is 0.281 e. The molecule has 0 bridgehead atoms. The van der Waals surface area contributed by atoms with Gasteiger partial charge >= 0.3 is 0 Å². The van der Waals surface area contributed by atoms with Gasteiger partial charge in [0.1, 0.15) is 5.75 Å². The normalized spacial score (nSPS) is 17.9. The van der Waals surface area contributed by atoms with Crippen LogP contribution in [-0.4, -0.2) is 57.2 Å². The molecule has 0 radical (unpaired) electrons. The molecular weight excluding hydrogens is 354 g/mol. The van der Waals surface area contributed by atoms with Crippen LogP contribution in [-0.2, 0) is 15.0 Å². The third-order valence-corrected chi connectivity index (χ3v) is 6.80. The van der Waals surface area contributed by atoms with Gasteiger partial charge in [-0.15, -0.1) is 0 Å². The lowest BCUT2D eigenvalue weighted by Gasteiger charge is -2.32. The second kappa shape index (κ2) is 8.83. The second-order valence-electron chi connectivity index (χ2n) is 6.71. The van der Waals surface area contributed by atoms with Gasteiger partial charge < -0.3 is 10.1 Å². The molecule has 1 N–H and O–H groups in total.